The first kappa shape index (κ1) is 8.00. The standard InChI is InChI=1S/C5H2ClI2N/c6-5-4(8)1-3(7)2-9-5/h1-2H. The van der Waals surface area contributed by atoms with E-state index in [4.69, 9.17) is 11.6 Å². The van der Waals surface area contributed by atoms with E-state index in [-0.39, 0.29) is 0 Å². The van der Waals surface area contributed by atoms with Crippen molar-refractivity contribution in [3.63, 3.8) is 0 Å². The first-order valence-corrected chi connectivity index (χ1v) is 4.70. The van der Waals surface area contributed by atoms with Gasteiger partial charge in [0.15, 0.2) is 0 Å². The molecule has 0 N–H and O–H groups in total. The summed E-state index contributed by atoms with van der Waals surface area (Å²) >= 11 is 10.0. The molecule has 0 radical (unpaired) electrons. The highest BCUT2D eigenvalue weighted by Gasteiger charge is 1.95. The van der Waals surface area contributed by atoms with Crippen molar-refractivity contribution in [1.82, 2.24) is 4.98 Å². The Morgan fingerprint density at radius 2 is 2.11 bits per heavy atom. The molecule has 0 spiro atoms. The lowest BCUT2D eigenvalue weighted by Gasteiger charge is -1.92. The zero-order chi connectivity index (χ0) is 6.85. The van der Waals surface area contributed by atoms with Crippen molar-refractivity contribution in [2.45, 2.75) is 0 Å². The SMILES string of the molecule is Clc1ncc(I)cc1I. The zero-order valence-electron chi connectivity index (χ0n) is 4.24. The number of pyridine rings is 1. The van der Waals surface area contributed by atoms with Gasteiger partial charge in [-0.3, -0.25) is 0 Å². The number of rotatable bonds is 0. The van der Waals surface area contributed by atoms with Gasteiger partial charge in [-0.25, -0.2) is 4.98 Å². The van der Waals surface area contributed by atoms with Gasteiger partial charge in [-0.05, 0) is 51.2 Å². The predicted octanol–water partition coefficient (Wildman–Crippen LogP) is 2.94. The van der Waals surface area contributed by atoms with Gasteiger partial charge in [-0.2, -0.15) is 0 Å². The highest BCUT2D eigenvalue weighted by Crippen LogP contribution is 2.16. The molecule has 1 aromatic heterocycles. The van der Waals surface area contributed by atoms with Crippen LogP contribution in [0.5, 0.6) is 0 Å². The molecule has 0 aliphatic carbocycles. The molecule has 1 heterocycles. The van der Waals surface area contributed by atoms with Crippen LogP contribution in [0.15, 0.2) is 12.3 Å². The molecule has 0 unspecified atom stereocenters. The van der Waals surface area contributed by atoms with Crippen LogP contribution in [-0.4, -0.2) is 4.98 Å². The van der Waals surface area contributed by atoms with Crippen LogP contribution >= 0.6 is 56.8 Å². The van der Waals surface area contributed by atoms with Gasteiger partial charge >= 0.3 is 0 Å². The second-order valence-electron chi connectivity index (χ2n) is 1.43. The normalized spacial score (nSPS) is 9.67. The molecular formula is C5H2ClI2N. The molecule has 0 saturated carbocycles. The minimum Gasteiger partial charge on any atom is -0.242 e. The molecule has 0 aromatic carbocycles. The lowest BCUT2D eigenvalue weighted by atomic mass is 10.5. The summed E-state index contributed by atoms with van der Waals surface area (Å²) in [6, 6.07) is 1.98. The van der Waals surface area contributed by atoms with Gasteiger partial charge in [-0.15, -0.1) is 0 Å². The highest BCUT2D eigenvalue weighted by atomic mass is 127. The molecule has 0 aliphatic heterocycles. The maximum Gasteiger partial charge on any atom is 0.142 e. The molecule has 1 rings (SSSR count). The lowest BCUT2D eigenvalue weighted by Crippen LogP contribution is -1.80. The number of nitrogens with zero attached hydrogens (tertiary/aromatic N) is 1. The Labute approximate surface area is 85.5 Å². The number of aromatic nitrogens is 1. The molecule has 1 aromatic rings. The van der Waals surface area contributed by atoms with E-state index in [1.807, 2.05) is 6.07 Å². The second kappa shape index (κ2) is 3.34. The Balaban J connectivity index is 3.17. The van der Waals surface area contributed by atoms with E-state index in [0.717, 1.165) is 7.14 Å². The monoisotopic (exact) mass is 365 g/mol. The third-order valence-corrected chi connectivity index (χ3v) is 2.80. The van der Waals surface area contributed by atoms with Gasteiger partial charge in [0.25, 0.3) is 0 Å². The fraction of sp³-hybridized carbons (Fsp3) is 0. The Kier molecular flexibility index (Phi) is 2.97. The first-order valence-electron chi connectivity index (χ1n) is 2.16. The van der Waals surface area contributed by atoms with E-state index in [1.165, 1.54) is 0 Å². The molecule has 0 fully saturated rings. The van der Waals surface area contributed by atoms with Gasteiger partial charge in [0.1, 0.15) is 5.15 Å². The summed E-state index contributed by atoms with van der Waals surface area (Å²) in [5.41, 5.74) is 0. The van der Waals surface area contributed by atoms with Crippen molar-refractivity contribution in [2.24, 2.45) is 0 Å². The summed E-state index contributed by atoms with van der Waals surface area (Å²) in [7, 11) is 0. The molecule has 0 saturated heterocycles. The quantitative estimate of drug-likeness (QED) is 0.509. The van der Waals surface area contributed by atoms with Crippen molar-refractivity contribution in [2.75, 3.05) is 0 Å². The second-order valence-corrected chi connectivity index (χ2v) is 4.19. The molecule has 0 aliphatic rings. The highest BCUT2D eigenvalue weighted by molar-refractivity contribution is 14.1. The molecule has 0 amide bonds. The molecule has 0 bridgehead atoms. The summed E-state index contributed by atoms with van der Waals surface area (Å²) in [4.78, 5) is 3.93. The van der Waals surface area contributed by atoms with Crippen molar-refractivity contribution in [1.29, 1.82) is 0 Å². The first-order chi connectivity index (χ1) is 4.20. The summed E-state index contributed by atoms with van der Waals surface area (Å²) in [5, 5.41) is 0.580. The summed E-state index contributed by atoms with van der Waals surface area (Å²) in [6.45, 7) is 0. The largest absolute Gasteiger partial charge is 0.242 e. The van der Waals surface area contributed by atoms with Crippen molar-refractivity contribution >= 4 is 56.8 Å². The van der Waals surface area contributed by atoms with E-state index in [1.54, 1.807) is 6.20 Å². The molecule has 4 heteroatoms. The van der Waals surface area contributed by atoms with Gasteiger partial charge in [-0.1, -0.05) is 11.6 Å². The van der Waals surface area contributed by atoms with E-state index >= 15 is 0 Å². The van der Waals surface area contributed by atoms with Crippen LogP contribution in [0.25, 0.3) is 0 Å². The van der Waals surface area contributed by atoms with Crippen molar-refractivity contribution < 1.29 is 0 Å². The van der Waals surface area contributed by atoms with Crippen molar-refractivity contribution in [3.05, 3.63) is 24.6 Å². The number of hydrogen-bond acceptors (Lipinski definition) is 1. The van der Waals surface area contributed by atoms with Crippen molar-refractivity contribution in [3.8, 4) is 0 Å². The molecule has 0 atom stereocenters. The smallest absolute Gasteiger partial charge is 0.142 e. The Morgan fingerprint density at radius 1 is 1.44 bits per heavy atom. The third kappa shape index (κ3) is 2.19. The van der Waals surface area contributed by atoms with Crippen LogP contribution in [0.4, 0.5) is 0 Å². The minimum absolute atomic E-state index is 0.580. The maximum absolute atomic E-state index is 5.66. The molecule has 48 valence electrons. The van der Waals surface area contributed by atoms with Crippen LogP contribution in [-0.2, 0) is 0 Å². The van der Waals surface area contributed by atoms with Gasteiger partial charge < -0.3 is 0 Å². The lowest BCUT2D eigenvalue weighted by molar-refractivity contribution is 1.29. The fourth-order valence-corrected chi connectivity index (χ4v) is 2.02. The zero-order valence-corrected chi connectivity index (χ0v) is 9.31. The number of hydrogen-bond donors (Lipinski definition) is 0. The van der Waals surface area contributed by atoms with Crippen LogP contribution in [0.2, 0.25) is 5.15 Å². The maximum atomic E-state index is 5.66. The summed E-state index contributed by atoms with van der Waals surface area (Å²) in [5.74, 6) is 0. The Hall–Kier alpha value is 0.900. The topological polar surface area (TPSA) is 12.9 Å². The summed E-state index contributed by atoms with van der Waals surface area (Å²) < 4.78 is 2.11. The fourth-order valence-electron chi connectivity index (χ4n) is 0.398. The van der Waals surface area contributed by atoms with Gasteiger partial charge in [0, 0.05) is 9.77 Å². The van der Waals surface area contributed by atoms with E-state index < -0.39 is 0 Å². The molecular weight excluding hydrogens is 363 g/mol. The van der Waals surface area contributed by atoms with Crippen LogP contribution in [0, 0.1) is 7.14 Å². The average molecular weight is 365 g/mol. The number of halogens is 3. The molecule has 9 heavy (non-hydrogen) atoms. The summed E-state index contributed by atoms with van der Waals surface area (Å²) in [6.07, 6.45) is 1.74. The third-order valence-electron chi connectivity index (χ3n) is 0.763. The van der Waals surface area contributed by atoms with Crippen LogP contribution in [0.3, 0.4) is 0 Å². The van der Waals surface area contributed by atoms with E-state index in [0.29, 0.717) is 5.15 Å². The van der Waals surface area contributed by atoms with Gasteiger partial charge in [0.05, 0.1) is 3.57 Å². The van der Waals surface area contributed by atoms with Crippen LogP contribution in [0.1, 0.15) is 0 Å². The van der Waals surface area contributed by atoms with E-state index in [2.05, 4.69) is 50.2 Å². The predicted molar refractivity (Wildman–Crippen MR) is 54.7 cm³/mol. The Morgan fingerprint density at radius 3 is 2.56 bits per heavy atom. The molecule has 1 nitrogen and oxygen atoms in total. The van der Waals surface area contributed by atoms with Gasteiger partial charge in [0.2, 0.25) is 0 Å². The van der Waals surface area contributed by atoms with E-state index in [9.17, 15) is 0 Å². The van der Waals surface area contributed by atoms with Crippen LogP contribution < -0.4 is 0 Å². The minimum atomic E-state index is 0.580. The average Bonchev–Trinajstić information content (AvgIpc) is 1.80. The Bertz CT molecular complexity index is 226.